The van der Waals surface area contributed by atoms with E-state index in [0.717, 1.165) is 48.4 Å². The Kier molecular flexibility index (Phi) is 3.38. The summed E-state index contributed by atoms with van der Waals surface area (Å²) in [7, 11) is 4.23. The molecule has 2 aromatic heterocycles. The molecule has 1 aliphatic carbocycles. The first-order valence-electron chi connectivity index (χ1n) is 9.18. The van der Waals surface area contributed by atoms with Crippen molar-refractivity contribution in [3.8, 4) is 0 Å². The molecule has 0 unspecified atom stereocenters. The van der Waals surface area contributed by atoms with Crippen LogP contribution in [0.4, 0.5) is 0 Å². The molecule has 5 nitrogen and oxygen atoms in total. The lowest BCUT2D eigenvalue weighted by Crippen LogP contribution is -2.31. The van der Waals surface area contributed by atoms with Gasteiger partial charge in [-0.3, -0.25) is 9.36 Å². The van der Waals surface area contributed by atoms with Crippen LogP contribution in [-0.4, -0.2) is 40.0 Å². The molecule has 0 radical (unpaired) electrons. The number of fused-ring (bicyclic) bond motifs is 6. The second-order valence-electron chi connectivity index (χ2n) is 7.83. The molecule has 3 aliphatic rings. The molecule has 0 saturated heterocycles. The molecule has 132 valence electrons. The summed E-state index contributed by atoms with van der Waals surface area (Å²) < 4.78 is 2.04. The van der Waals surface area contributed by atoms with E-state index in [1.165, 1.54) is 22.6 Å². The Morgan fingerprint density at radius 2 is 2.08 bits per heavy atom. The highest BCUT2D eigenvalue weighted by Gasteiger charge is 2.38. The van der Waals surface area contributed by atoms with E-state index in [1.54, 1.807) is 11.3 Å². The molecular formula is C19H24N4OS. The van der Waals surface area contributed by atoms with E-state index in [9.17, 15) is 4.79 Å². The van der Waals surface area contributed by atoms with Gasteiger partial charge in [-0.25, -0.2) is 4.98 Å². The highest BCUT2D eigenvalue weighted by molar-refractivity contribution is 7.18. The van der Waals surface area contributed by atoms with Crippen LogP contribution in [0.1, 0.15) is 41.6 Å². The highest BCUT2D eigenvalue weighted by Crippen LogP contribution is 2.43. The van der Waals surface area contributed by atoms with E-state index in [2.05, 4.69) is 30.5 Å². The average molecular weight is 356 g/mol. The Morgan fingerprint density at radius 3 is 2.92 bits per heavy atom. The standard InChI is InChI=1S/C19H24N4OS/c1-11-12-5-4-6-14(12)23-16(10-22(11)3)20-18-17(19(23)24)13-7-8-21(2)9-15(13)25-18/h12,14H,1,4-10H2,2-3H3/t12-,14+/m0/s1. The number of allylic oxidation sites excluding steroid dienone is 1. The fraction of sp³-hybridized carbons (Fsp3) is 0.579. The lowest BCUT2D eigenvalue weighted by atomic mass is 9.99. The third kappa shape index (κ3) is 2.16. The number of likely N-dealkylation sites (N-methyl/N-ethyl adjacent to an activating group) is 1. The molecule has 0 bridgehead atoms. The predicted molar refractivity (Wildman–Crippen MR) is 101 cm³/mol. The van der Waals surface area contributed by atoms with Crippen LogP contribution in [0.2, 0.25) is 0 Å². The minimum absolute atomic E-state index is 0.196. The van der Waals surface area contributed by atoms with Crippen molar-refractivity contribution in [2.45, 2.75) is 44.8 Å². The maximum absolute atomic E-state index is 13.6. The fourth-order valence-electron chi connectivity index (χ4n) is 4.91. The first-order chi connectivity index (χ1) is 12.0. The van der Waals surface area contributed by atoms with Crippen LogP contribution in [0.3, 0.4) is 0 Å². The van der Waals surface area contributed by atoms with Gasteiger partial charge in [0.1, 0.15) is 10.7 Å². The third-order valence-corrected chi connectivity index (χ3v) is 7.39. The molecule has 2 aromatic rings. The van der Waals surface area contributed by atoms with Crippen molar-refractivity contribution in [2.75, 3.05) is 20.6 Å². The van der Waals surface area contributed by atoms with Gasteiger partial charge in [-0.05, 0) is 31.9 Å². The minimum Gasteiger partial charge on any atom is -0.371 e. The summed E-state index contributed by atoms with van der Waals surface area (Å²) in [5.74, 6) is 1.30. The first-order valence-corrected chi connectivity index (χ1v) is 10.0. The van der Waals surface area contributed by atoms with Crippen LogP contribution in [0, 0.1) is 5.92 Å². The summed E-state index contributed by atoms with van der Waals surface area (Å²) in [6.07, 6.45) is 4.32. The smallest absolute Gasteiger partial charge is 0.262 e. The Hall–Kier alpha value is -1.66. The molecule has 25 heavy (non-hydrogen) atoms. The van der Waals surface area contributed by atoms with Crippen molar-refractivity contribution in [1.29, 1.82) is 0 Å². The van der Waals surface area contributed by atoms with Gasteiger partial charge in [0.25, 0.3) is 5.56 Å². The van der Waals surface area contributed by atoms with Crippen LogP contribution in [0.15, 0.2) is 17.1 Å². The number of rotatable bonds is 0. The molecule has 5 rings (SSSR count). The SMILES string of the molecule is C=C1[C@@H]2CCC[C@H]2n2c(nc3sc4c(c3c2=O)CCN(C)C4)CN1C. The topological polar surface area (TPSA) is 41.4 Å². The average Bonchev–Trinajstić information content (AvgIpc) is 3.15. The number of nitrogens with zero attached hydrogens (tertiary/aromatic N) is 4. The lowest BCUT2D eigenvalue weighted by molar-refractivity contribution is 0.317. The molecule has 1 fully saturated rings. The van der Waals surface area contributed by atoms with E-state index >= 15 is 0 Å². The summed E-state index contributed by atoms with van der Waals surface area (Å²) in [6, 6.07) is 0.235. The number of thiophene rings is 1. The van der Waals surface area contributed by atoms with E-state index in [-0.39, 0.29) is 11.6 Å². The molecule has 1 saturated carbocycles. The van der Waals surface area contributed by atoms with Gasteiger partial charge in [-0.1, -0.05) is 13.0 Å². The number of hydrogen-bond acceptors (Lipinski definition) is 5. The molecule has 4 heterocycles. The minimum atomic E-state index is 0.196. The summed E-state index contributed by atoms with van der Waals surface area (Å²) in [5.41, 5.74) is 2.62. The number of hydrogen-bond donors (Lipinski definition) is 0. The normalized spacial score (nSPS) is 26.5. The maximum atomic E-state index is 13.6. The number of aromatic nitrogens is 2. The zero-order valence-electron chi connectivity index (χ0n) is 14.9. The fourth-order valence-corrected chi connectivity index (χ4v) is 6.22. The zero-order chi connectivity index (χ0) is 17.3. The largest absolute Gasteiger partial charge is 0.371 e. The second-order valence-corrected chi connectivity index (χ2v) is 8.91. The Labute approximate surface area is 151 Å². The van der Waals surface area contributed by atoms with Crippen molar-refractivity contribution < 1.29 is 0 Å². The monoisotopic (exact) mass is 356 g/mol. The van der Waals surface area contributed by atoms with Gasteiger partial charge in [0.05, 0.1) is 11.9 Å². The maximum Gasteiger partial charge on any atom is 0.262 e. The van der Waals surface area contributed by atoms with Gasteiger partial charge < -0.3 is 9.80 Å². The summed E-state index contributed by atoms with van der Waals surface area (Å²) in [4.78, 5) is 25.3. The van der Waals surface area contributed by atoms with Crippen LogP contribution >= 0.6 is 11.3 Å². The van der Waals surface area contributed by atoms with Gasteiger partial charge >= 0.3 is 0 Å². The summed E-state index contributed by atoms with van der Waals surface area (Å²) in [6.45, 7) is 6.96. The summed E-state index contributed by atoms with van der Waals surface area (Å²) in [5, 5.41) is 0.901. The lowest BCUT2D eigenvalue weighted by Gasteiger charge is -2.25. The van der Waals surface area contributed by atoms with Crippen molar-refractivity contribution in [3.05, 3.63) is 38.9 Å². The molecule has 2 atom stereocenters. The Bertz CT molecular complexity index is 943. The Balaban J connectivity index is 1.77. The van der Waals surface area contributed by atoms with E-state index in [0.29, 0.717) is 12.5 Å². The van der Waals surface area contributed by atoms with Crippen molar-refractivity contribution in [2.24, 2.45) is 5.92 Å². The molecule has 0 aromatic carbocycles. The van der Waals surface area contributed by atoms with Gasteiger partial charge in [0.15, 0.2) is 0 Å². The van der Waals surface area contributed by atoms with Crippen LogP contribution < -0.4 is 5.56 Å². The van der Waals surface area contributed by atoms with Gasteiger partial charge in [-0.2, -0.15) is 0 Å². The Morgan fingerprint density at radius 1 is 1.24 bits per heavy atom. The van der Waals surface area contributed by atoms with Gasteiger partial charge in [0, 0.05) is 42.7 Å². The molecule has 0 N–H and O–H groups in total. The van der Waals surface area contributed by atoms with Gasteiger partial charge in [0.2, 0.25) is 0 Å². The molecule has 6 heteroatoms. The van der Waals surface area contributed by atoms with Crippen molar-refractivity contribution >= 4 is 21.6 Å². The van der Waals surface area contributed by atoms with E-state index < -0.39 is 0 Å². The highest BCUT2D eigenvalue weighted by atomic mass is 32.1. The molecule has 0 amide bonds. The predicted octanol–water partition coefficient (Wildman–Crippen LogP) is 2.75. The van der Waals surface area contributed by atoms with Crippen LogP contribution in [-0.2, 0) is 19.5 Å². The van der Waals surface area contributed by atoms with Crippen molar-refractivity contribution in [1.82, 2.24) is 19.4 Å². The second kappa shape index (κ2) is 5.42. The van der Waals surface area contributed by atoms with Crippen molar-refractivity contribution in [3.63, 3.8) is 0 Å². The summed E-state index contributed by atoms with van der Waals surface area (Å²) >= 11 is 1.72. The van der Waals surface area contributed by atoms with Crippen LogP contribution in [0.25, 0.3) is 10.2 Å². The molecule has 0 spiro atoms. The molecular weight excluding hydrogens is 332 g/mol. The van der Waals surface area contributed by atoms with E-state index in [1.807, 2.05) is 4.57 Å². The zero-order valence-corrected chi connectivity index (χ0v) is 15.7. The quantitative estimate of drug-likeness (QED) is 0.728. The first kappa shape index (κ1) is 15.6. The van der Waals surface area contributed by atoms with Gasteiger partial charge in [-0.15, -0.1) is 11.3 Å². The van der Waals surface area contributed by atoms with Crippen LogP contribution in [0.5, 0.6) is 0 Å². The molecule has 2 aliphatic heterocycles. The third-order valence-electron chi connectivity index (χ3n) is 6.28. The van der Waals surface area contributed by atoms with E-state index in [4.69, 9.17) is 4.98 Å².